The van der Waals surface area contributed by atoms with Crippen molar-refractivity contribution in [1.29, 1.82) is 0 Å². The molecule has 9 heteroatoms. The lowest BCUT2D eigenvalue weighted by molar-refractivity contribution is -0.384. The predicted octanol–water partition coefficient (Wildman–Crippen LogP) is 3.39. The molecule has 1 aromatic heterocycles. The van der Waals surface area contributed by atoms with E-state index < -0.39 is 10.5 Å². The average Bonchev–Trinajstić information content (AvgIpc) is 3.09. The van der Waals surface area contributed by atoms with Gasteiger partial charge in [0, 0.05) is 35.2 Å². The van der Waals surface area contributed by atoms with Crippen LogP contribution < -0.4 is 11.1 Å². The second-order valence-corrected chi connectivity index (χ2v) is 6.46. The molecular formula is C16H21ClN4O3S. The lowest BCUT2D eigenvalue weighted by atomic mass is 9.94. The van der Waals surface area contributed by atoms with Crippen LogP contribution in [0.5, 0.6) is 0 Å². The van der Waals surface area contributed by atoms with E-state index in [-0.39, 0.29) is 29.7 Å². The monoisotopic (exact) mass is 384 g/mol. The van der Waals surface area contributed by atoms with Crippen molar-refractivity contribution in [3.63, 3.8) is 0 Å². The van der Waals surface area contributed by atoms with Gasteiger partial charge < -0.3 is 11.1 Å². The number of benzene rings is 1. The molecule has 0 saturated carbocycles. The summed E-state index contributed by atoms with van der Waals surface area (Å²) < 4.78 is 0. The number of aromatic nitrogens is 1. The van der Waals surface area contributed by atoms with Crippen LogP contribution in [0, 0.1) is 10.1 Å². The first-order chi connectivity index (χ1) is 11.4. The molecule has 2 aromatic rings. The second-order valence-electron chi connectivity index (χ2n) is 5.60. The van der Waals surface area contributed by atoms with Crippen LogP contribution in [0.3, 0.4) is 0 Å². The smallest absolute Gasteiger partial charge is 0.270 e. The van der Waals surface area contributed by atoms with Crippen LogP contribution in [0.15, 0.2) is 29.6 Å². The van der Waals surface area contributed by atoms with Gasteiger partial charge in [-0.15, -0.1) is 23.7 Å². The summed E-state index contributed by atoms with van der Waals surface area (Å²) in [6, 6.07) is 6.19. The Morgan fingerprint density at radius 3 is 2.68 bits per heavy atom. The van der Waals surface area contributed by atoms with Gasteiger partial charge in [-0.05, 0) is 12.8 Å². The summed E-state index contributed by atoms with van der Waals surface area (Å²) in [5.74, 6) is -0.292. The van der Waals surface area contributed by atoms with Gasteiger partial charge >= 0.3 is 0 Å². The van der Waals surface area contributed by atoms with Crippen molar-refractivity contribution in [2.24, 2.45) is 5.73 Å². The number of nitrogens with one attached hydrogen (secondary N) is 1. The highest BCUT2D eigenvalue weighted by molar-refractivity contribution is 7.13. The Hall–Kier alpha value is -2.03. The molecule has 0 bridgehead atoms. The molecule has 0 unspecified atom stereocenters. The molecule has 0 aliphatic heterocycles. The zero-order valence-electron chi connectivity index (χ0n) is 14.0. The molecule has 0 atom stereocenters. The van der Waals surface area contributed by atoms with E-state index >= 15 is 0 Å². The molecule has 1 heterocycles. The van der Waals surface area contributed by atoms with Crippen molar-refractivity contribution < 1.29 is 9.72 Å². The van der Waals surface area contributed by atoms with Gasteiger partial charge in [0.1, 0.15) is 10.7 Å². The number of rotatable bonds is 7. The molecule has 7 nitrogen and oxygen atoms in total. The molecule has 0 aliphatic rings. The number of nitro benzene ring substituents is 1. The summed E-state index contributed by atoms with van der Waals surface area (Å²) in [6.07, 6.45) is 1.53. The number of halogens is 1. The normalized spacial score (nSPS) is 10.8. The fourth-order valence-corrected chi connectivity index (χ4v) is 2.91. The molecule has 0 aliphatic carbocycles. The first-order valence-corrected chi connectivity index (χ1v) is 8.54. The van der Waals surface area contributed by atoms with Gasteiger partial charge in [-0.3, -0.25) is 14.9 Å². The first-order valence-electron chi connectivity index (χ1n) is 7.66. The summed E-state index contributed by atoms with van der Waals surface area (Å²) in [4.78, 5) is 26.9. The summed E-state index contributed by atoms with van der Waals surface area (Å²) in [5.41, 5.74) is 6.64. The van der Waals surface area contributed by atoms with Crippen molar-refractivity contribution >= 4 is 35.3 Å². The van der Waals surface area contributed by atoms with E-state index in [2.05, 4.69) is 10.3 Å². The minimum absolute atomic E-state index is 0. The highest BCUT2D eigenvalue weighted by Crippen LogP contribution is 2.26. The fraction of sp³-hybridized carbons (Fsp3) is 0.375. The largest absolute Gasteiger partial charge is 0.349 e. The third-order valence-electron chi connectivity index (χ3n) is 4.05. The van der Waals surface area contributed by atoms with Gasteiger partial charge in [0.2, 0.25) is 0 Å². The van der Waals surface area contributed by atoms with Gasteiger partial charge in [0.05, 0.1) is 4.92 Å². The molecule has 0 radical (unpaired) electrons. The van der Waals surface area contributed by atoms with Crippen molar-refractivity contribution in [2.45, 2.75) is 32.2 Å². The third kappa shape index (κ3) is 5.22. The van der Waals surface area contributed by atoms with Gasteiger partial charge in [-0.1, -0.05) is 26.0 Å². The lowest BCUT2D eigenvalue weighted by Gasteiger charge is -2.26. The topological polar surface area (TPSA) is 111 Å². The van der Waals surface area contributed by atoms with Crippen LogP contribution in [-0.2, 0) is 0 Å². The van der Waals surface area contributed by atoms with E-state index in [1.54, 1.807) is 17.5 Å². The van der Waals surface area contributed by atoms with Crippen LogP contribution in [0.2, 0.25) is 0 Å². The Morgan fingerprint density at radius 2 is 2.08 bits per heavy atom. The van der Waals surface area contributed by atoms with Crippen molar-refractivity contribution in [3.8, 4) is 10.6 Å². The van der Waals surface area contributed by atoms with Crippen LogP contribution in [0.4, 0.5) is 5.69 Å². The zero-order valence-corrected chi connectivity index (χ0v) is 15.7. The standard InChI is InChI=1S/C16H20N4O3S.ClH/c1-3-16(17,4-2)10-18-14(21)13-9-24-15(19-13)11-6-5-7-12(8-11)20(22)23;/h5-9H,3-4,10,17H2,1-2H3,(H,18,21);1H. The van der Waals surface area contributed by atoms with E-state index in [9.17, 15) is 14.9 Å². The van der Waals surface area contributed by atoms with Gasteiger partial charge in [0.15, 0.2) is 0 Å². The number of nitro groups is 1. The summed E-state index contributed by atoms with van der Waals surface area (Å²) in [6.45, 7) is 4.35. The Kier molecular flexibility index (Phi) is 7.47. The molecule has 0 fully saturated rings. The number of carbonyl (C=O) groups is 1. The minimum atomic E-state index is -0.457. The highest BCUT2D eigenvalue weighted by Gasteiger charge is 2.22. The lowest BCUT2D eigenvalue weighted by Crippen LogP contribution is -2.49. The number of amides is 1. The van der Waals surface area contributed by atoms with Crippen molar-refractivity contribution in [3.05, 3.63) is 45.5 Å². The third-order valence-corrected chi connectivity index (χ3v) is 4.94. The second kappa shape index (κ2) is 8.89. The van der Waals surface area contributed by atoms with E-state index in [4.69, 9.17) is 5.73 Å². The number of nitrogens with zero attached hydrogens (tertiary/aromatic N) is 2. The van der Waals surface area contributed by atoms with Crippen LogP contribution in [-0.4, -0.2) is 27.9 Å². The molecule has 1 amide bonds. The molecule has 1 aromatic carbocycles. The van der Waals surface area contributed by atoms with Crippen molar-refractivity contribution in [1.82, 2.24) is 10.3 Å². The molecule has 0 spiro atoms. The van der Waals surface area contributed by atoms with E-state index in [1.165, 1.54) is 23.5 Å². The fourth-order valence-electron chi connectivity index (χ4n) is 2.11. The molecule has 25 heavy (non-hydrogen) atoms. The summed E-state index contributed by atoms with van der Waals surface area (Å²) in [5, 5.41) is 15.9. The quantitative estimate of drug-likeness (QED) is 0.561. The average molecular weight is 385 g/mol. The number of hydrogen-bond donors (Lipinski definition) is 2. The SMILES string of the molecule is CCC(N)(CC)CNC(=O)c1csc(-c2cccc([N+](=O)[O-])c2)n1.Cl. The molecule has 136 valence electrons. The number of thiazole rings is 1. The molecular weight excluding hydrogens is 364 g/mol. The Bertz CT molecular complexity index is 746. The van der Waals surface area contributed by atoms with Gasteiger partial charge in [-0.25, -0.2) is 4.98 Å². The van der Waals surface area contributed by atoms with Gasteiger partial charge in [-0.2, -0.15) is 0 Å². The maximum absolute atomic E-state index is 12.2. The number of hydrogen-bond acceptors (Lipinski definition) is 6. The highest BCUT2D eigenvalue weighted by atomic mass is 35.5. The number of non-ortho nitro benzene ring substituents is 1. The van der Waals surface area contributed by atoms with Crippen molar-refractivity contribution in [2.75, 3.05) is 6.54 Å². The zero-order chi connectivity index (χ0) is 17.7. The van der Waals surface area contributed by atoms with Crippen LogP contribution in [0.25, 0.3) is 10.6 Å². The Balaban J connectivity index is 0.00000312. The van der Waals surface area contributed by atoms with E-state index in [0.717, 1.165) is 12.8 Å². The minimum Gasteiger partial charge on any atom is -0.349 e. The maximum Gasteiger partial charge on any atom is 0.270 e. The molecule has 3 N–H and O–H groups in total. The molecule has 0 saturated heterocycles. The molecule has 2 rings (SSSR count). The maximum atomic E-state index is 12.2. The van der Waals surface area contributed by atoms with Crippen LogP contribution >= 0.6 is 23.7 Å². The van der Waals surface area contributed by atoms with Gasteiger partial charge in [0.25, 0.3) is 11.6 Å². The van der Waals surface area contributed by atoms with E-state index in [0.29, 0.717) is 17.1 Å². The number of nitrogens with two attached hydrogens (primary N) is 1. The van der Waals surface area contributed by atoms with Crippen LogP contribution in [0.1, 0.15) is 37.2 Å². The summed E-state index contributed by atoms with van der Waals surface area (Å²) in [7, 11) is 0. The first kappa shape index (κ1) is 21.0. The summed E-state index contributed by atoms with van der Waals surface area (Å²) >= 11 is 1.27. The predicted molar refractivity (Wildman–Crippen MR) is 101 cm³/mol. The Morgan fingerprint density at radius 1 is 1.40 bits per heavy atom. The number of carbonyl (C=O) groups excluding carboxylic acids is 1. The Labute approximate surface area is 156 Å². The van der Waals surface area contributed by atoms with E-state index in [1.807, 2.05) is 13.8 Å².